The first-order chi connectivity index (χ1) is 6.32. The molecule has 3 heteroatoms. The minimum atomic E-state index is -0.0486. The number of hydrogen-bond acceptors (Lipinski definition) is 1. The molecule has 0 spiro atoms. The molecule has 0 amide bonds. The zero-order chi connectivity index (χ0) is 10.9. The van der Waals surface area contributed by atoms with Gasteiger partial charge in [0.2, 0.25) is 0 Å². The van der Waals surface area contributed by atoms with E-state index in [2.05, 4.69) is 36.7 Å². The van der Waals surface area contributed by atoms with Gasteiger partial charge in [-0.3, -0.25) is 0 Å². The van der Waals surface area contributed by atoms with Crippen molar-refractivity contribution in [3.63, 3.8) is 0 Å². The maximum absolute atomic E-state index is 6.14. The van der Waals surface area contributed by atoms with Crippen LogP contribution in [0.2, 0.25) is 5.02 Å². The zero-order valence-electron chi connectivity index (χ0n) is 8.64. The van der Waals surface area contributed by atoms with Crippen molar-refractivity contribution in [2.24, 2.45) is 11.1 Å². The summed E-state index contributed by atoms with van der Waals surface area (Å²) < 4.78 is 1.01. The Bertz CT molecular complexity index is 331. The van der Waals surface area contributed by atoms with E-state index in [1.165, 1.54) is 0 Å². The second kappa shape index (κ2) is 4.21. The molecule has 2 N–H and O–H groups in total. The first-order valence-electron chi connectivity index (χ1n) is 4.53. The third-order valence-corrected chi connectivity index (χ3v) is 3.06. The lowest BCUT2D eigenvalue weighted by molar-refractivity contribution is 0.327. The molecule has 1 atom stereocenters. The Labute approximate surface area is 98.8 Å². The molecule has 0 unspecified atom stereocenters. The molecule has 0 fully saturated rings. The highest BCUT2D eigenvalue weighted by Crippen LogP contribution is 2.35. The summed E-state index contributed by atoms with van der Waals surface area (Å²) in [6.07, 6.45) is 0. The first kappa shape index (κ1) is 12.0. The van der Waals surface area contributed by atoms with Gasteiger partial charge in [-0.15, -0.1) is 0 Å². The number of benzene rings is 1. The lowest BCUT2D eigenvalue weighted by atomic mass is 9.83. The summed E-state index contributed by atoms with van der Waals surface area (Å²) in [5, 5.41) is 0.732. The largest absolute Gasteiger partial charge is 0.323 e. The Morgan fingerprint density at radius 1 is 1.36 bits per heavy atom. The van der Waals surface area contributed by atoms with Crippen LogP contribution in [0.15, 0.2) is 22.7 Å². The van der Waals surface area contributed by atoms with E-state index in [9.17, 15) is 0 Å². The molecule has 0 aliphatic carbocycles. The highest BCUT2D eigenvalue weighted by atomic mass is 79.9. The van der Waals surface area contributed by atoms with E-state index in [1.807, 2.05) is 18.2 Å². The van der Waals surface area contributed by atoms with Crippen LogP contribution in [0.3, 0.4) is 0 Å². The summed E-state index contributed by atoms with van der Waals surface area (Å²) in [6, 6.07) is 5.72. The average Bonchev–Trinajstić information content (AvgIpc) is 2.06. The van der Waals surface area contributed by atoms with Gasteiger partial charge in [-0.25, -0.2) is 0 Å². The standard InChI is InChI=1S/C11H15BrClN/c1-11(2,3)10(14)8-6-7(12)4-5-9(8)13/h4-6,10H,14H2,1-3H3/t10-/m1/s1. The molecule has 0 aliphatic rings. The minimum Gasteiger partial charge on any atom is -0.323 e. The molecule has 0 aromatic heterocycles. The molecule has 78 valence electrons. The predicted molar refractivity (Wildman–Crippen MR) is 65.5 cm³/mol. The molecule has 0 bridgehead atoms. The summed E-state index contributed by atoms with van der Waals surface area (Å²) >= 11 is 9.51. The first-order valence-corrected chi connectivity index (χ1v) is 5.70. The molecule has 1 rings (SSSR count). The molecule has 14 heavy (non-hydrogen) atoms. The van der Waals surface area contributed by atoms with E-state index in [0.29, 0.717) is 0 Å². The second-order valence-corrected chi connectivity index (χ2v) is 5.83. The van der Waals surface area contributed by atoms with Crippen molar-refractivity contribution in [1.82, 2.24) is 0 Å². The molecular weight excluding hydrogens is 261 g/mol. The van der Waals surface area contributed by atoms with Crippen molar-refractivity contribution in [3.05, 3.63) is 33.3 Å². The lowest BCUT2D eigenvalue weighted by Gasteiger charge is -2.28. The highest BCUT2D eigenvalue weighted by Gasteiger charge is 2.24. The highest BCUT2D eigenvalue weighted by molar-refractivity contribution is 9.10. The average molecular weight is 277 g/mol. The van der Waals surface area contributed by atoms with E-state index in [1.54, 1.807) is 0 Å². The maximum Gasteiger partial charge on any atom is 0.0454 e. The molecular formula is C11H15BrClN. The van der Waals surface area contributed by atoms with Crippen LogP contribution in [0.1, 0.15) is 32.4 Å². The fourth-order valence-electron chi connectivity index (χ4n) is 1.22. The van der Waals surface area contributed by atoms with Gasteiger partial charge in [0, 0.05) is 15.5 Å². The van der Waals surface area contributed by atoms with E-state index >= 15 is 0 Å². The van der Waals surface area contributed by atoms with Crippen LogP contribution >= 0.6 is 27.5 Å². The number of hydrogen-bond donors (Lipinski definition) is 1. The van der Waals surface area contributed by atoms with Crippen molar-refractivity contribution in [3.8, 4) is 0 Å². The maximum atomic E-state index is 6.14. The summed E-state index contributed by atoms with van der Waals surface area (Å²) in [7, 11) is 0. The van der Waals surface area contributed by atoms with Crippen molar-refractivity contribution >= 4 is 27.5 Å². The van der Waals surface area contributed by atoms with E-state index in [-0.39, 0.29) is 11.5 Å². The number of halogens is 2. The zero-order valence-corrected chi connectivity index (χ0v) is 11.0. The fraction of sp³-hybridized carbons (Fsp3) is 0.455. The van der Waals surface area contributed by atoms with Crippen molar-refractivity contribution in [2.45, 2.75) is 26.8 Å². The van der Waals surface area contributed by atoms with Crippen molar-refractivity contribution in [1.29, 1.82) is 0 Å². The monoisotopic (exact) mass is 275 g/mol. The third kappa shape index (κ3) is 2.72. The molecule has 1 aromatic carbocycles. The molecule has 0 heterocycles. The molecule has 1 nitrogen and oxygen atoms in total. The van der Waals surface area contributed by atoms with Crippen LogP contribution < -0.4 is 5.73 Å². The van der Waals surface area contributed by atoms with Crippen molar-refractivity contribution in [2.75, 3.05) is 0 Å². The number of nitrogens with two attached hydrogens (primary N) is 1. The molecule has 0 saturated carbocycles. The minimum absolute atomic E-state index is 0.0183. The van der Waals surface area contributed by atoms with E-state index in [4.69, 9.17) is 17.3 Å². The van der Waals surface area contributed by atoms with Gasteiger partial charge < -0.3 is 5.73 Å². The van der Waals surface area contributed by atoms with Crippen LogP contribution in [-0.4, -0.2) is 0 Å². The van der Waals surface area contributed by atoms with Gasteiger partial charge in [0.15, 0.2) is 0 Å². The topological polar surface area (TPSA) is 26.0 Å². The van der Waals surface area contributed by atoms with Gasteiger partial charge in [-0.2, -0.15) is 0 Å². The fourth-order valence-corrected chi connectivity index (χ4v) is 1.83. The van der Waals surface area contributed by atoms with Crippen LogP contribution in [0.5, 0.6) is 0 Å². The lowest BCUT2D eigenvalue weighted by Crippen LogP contribution is -2.26. The van der Waals surface area contributed by atoms with Crippen LogP contribution in [-0.2, 0) is 0 Å². The smallest absolute Gasteiger partial charge is 0.0454 e. The summed E-state index contributed by atoms with van der Waals surface area (Å²) in [4.78, 5) is 0. The molecule has 1 aromatic rings. The van der Waals surface area contributed by atoms with Gasteiger partial charge in [0.25, 0.3) is 0 Å². The van der Waals surface area contributed by atoms with Gasteiger partial charge in [-0.05, 0) is 29.2 Å². The van der Waals surface area contributed by atoms with Gasteiger partial charge in [0.05, 0.1) is 0 Å². The Hall–Kier alpha value is -0.0500. The Morgan fingerprint density at radius 2 is 1.93 bits per heavy atom. The van der Waals surface area contributed by atoms with Gasteiger partial charge >= 0.3 is 0 Å². The summed E-state index contributed by atoms with van der Waals surface area (Å²) in [6.45, 7) is 6.32. The predicted octanol–water partition coefficient (Wildman–Crippen LogP) is 4.15. The second-order valence-electron chi connectivity index (χ2n) is 4.51. The quantitative estimate of drug-likeness (QED) is 0.819. The molecule has 0 saturated heterocycles. The van der Waals surface area contributed by atoms with Crippen LogP contribution in [0, 0.1) is 5.41 Å². The van der Waals surface area contributed by atoms with E-state index in [0.717, 1.165) is 15.1 Å². The van der Waals surface area contributed by atoms with Crippen LogP contribution in [0.25, 0.3) is 0 Å². The summed E-state index contributed by atoms with van der Waals surface area (Å²) in [5.41, 5.74) is 7.15. The third-order valence-electron chi connectivity index (χ3n) is 2.23. The number of rotatable bonds is 1. The van der Waals surface area contributed by atoms with Crippen LogP contribution in [0.4, 0.5) is 0 Å². The van der Waals surface area contributed by atoms with E-state index < -0.39 is 0 Å². The molecule has 0 aliphatic heterocycles. The SMILES string of the molecule is CC(C)(C)[C@H](N)c1cc(Br)ccc1Cl. The van der Waals surface area contributed by atoms with Crippen molar-refractivity contribution < 1.29 is 0 Å². The molecule has 0 radical (unpaired) electrons. The van der Waals surface area contributed by atoms with Gasteiger partial charge in [-0.1, -0.05) is 48.3 Å². The summed E-state index contributed by atoms with van der Waals surface area (Å²) in [5.74, 6) is 0. The Balaban J connectivity index is 3.12. The van der Waals surface area contributed by atoms with Gasteiger partial charge in [0.1, 0.15) is 0 Å². The Kier molecular flexibility index (Phi) is 3.62. The Morgan fingerprint density at radius 3 is 2.43 bits per heavy atom. The normalized spacial score (nSPS) is 14.1.